The number of nitrogens with zero attached hydrogens (tertiary/aromatic N) is 2. The Hall–Kier alpha value is -2.22. The fourth-order valence-electron chi connectivity index (χ4n) is 1.28. The number of hydrogen-bond donors (Lipinski definition) is 1. The highest BCUT2D eigenvalue weighted by Crippen LogP contribution is 2.20. The van der Waals surface area contributed by atoms with Crippen LogP contribution < -0.4 is 5.32 Å². The summed E-state index contributed by atoms with van der Waals surface area (Å²) >= 11 is 0.795. The summed E-state index contributed by atoms with van der Waals surface area (Å²) in [5.74, 6) is -0.455. The number of benzene rings is 1. The lowest BCUT2D eigenvalue weighted by Gasteiger charge is -1.97. The molecule has 1 aromatic carbocycles. The Morgan fingerprint density at radius 2 is 2.00 bits per heavy atom. The smallest absolute Gasteiger partial charge is 0.284 e. The summed E-state index contributed by atoms with van der Waals surface area (Å²) in [5.41, 5.74) is 0.601. The molecule has 7 nitrogen and oxygen atoms in total. The Morgan fingerprint density at radius 3 is 2.50 bits per heavy atom. The van der Waals surface area contributed by atoms with Crippen LogP contribution in [-0.4, -0.2) is 27.7 Å². The van der Waals surface area contributed by atoms with E-state index in [0.717, 1.165) is 11.8 Å². The average Bonchev–Trinajstić information content (AvgIpc) is 2.66. The summed E-state index contributed by atoms with van der Waals surface area (Å²) in [6.45, 7) is 0. The van der Waals surface area contributed by atoms with Crippen LogP contribution >= 0.6 is 11.8 Å². The van der Waals surface area contributed by atoms with E-state index < -0.39 is 21.4 Å². The van der Waals surface area contributed by atoms with Crippen LogP contribution in [0.1, 0.15) is 5.56 Å². The zero-order valence-electron chi connectivity index (χ0n) is 8.90. The molecule has 0 spiro atoms. The first-order valence-electron chi connectivity index (χ1n) is 4.85. The Morgan fingerprint density at radius 1 is 1.33 bits per heavy atom. The van der Waals surface area contributed by atoms with Crippen LogP contribution in [-0.2, 0) is 4.79 Å². The zero-order chi connectivity index (χ0) is 13.1. The molecule has 1 aliphatic heterocycles. The van der Waals surface area contributed by atoms with Crippen molar-refractivity contribution >= 4 is 34.8 Å². The molecule has 1 heterocycles. The van der Waals surface area contributed by atoms with Gasteiger partial charge in [0.25, 0.3) is 16.8 Å². The number of rotatable bonds is 3. The molecule has 2 amide bonds. The van der Waals surface area contributed by atoms with Crippen molar-refractivity contribution in [2.24, 2.45) is 4.99 Å². The van der Waals surface area contributed by atoms with Crippen molar-refractivity contribution < 1.29 is 14.5 Å². The molecule has 0 radical (unpaired) electrons. The van der Waals surface area contributed by atoms with E-state index in [-0.39, 0.29) is 5.69 Å². The van der Waals surface area contributed by atoms with Gasteiger partial charge in [0.05, 0.1) is 4.92 Å². The Balaban J connectivity index is 2.07. The maximum Gasteiger partial charge on any atom is 0.288 e. The molecule has 1 fully saturated rings. The van der Waals surface area contributed by atoms with Crippen LogP contribution in [0.5, 0.6) is 0 Å². The summed E-state index contributed by atoms with van der Waals surface area (Å²) in [4.78, 5) is 35.9. The fourth-order valence-corrected chi connectivity index (χ4v) is 1.93. The van der Waals surface area contributed by atoms with Gasteiger partial charge in [0, 0.05) is 18.3 Å². The minimum Gasteiger partial charge on any atom is -0.284 e. The van der Waals surface area contributed by atoms with Crippen molar-refractivity contribution in [3.63, 3.8) is 0 Å². The predicted octanol–water partition coefficient (Wildman–Crippen LogP) is 1.32. The predicted molar refractivity (Wildman–Crippen MR) is 65.6 cm³/mol. The van der Waals surface area contributed by atoms with Crippen molar-refractivity contribution in [3.8, 4) is 0 Å². The van der Waals surface area contributed by atoms with Gasteiger partial charge in [0.2, 0.25) is 0 Å². The average molecular weight is 265 g/mol. The van der Waals surface area contributed by atoms with Gasteiger partial charge in [-0.05, 0) is 29.5 Å². The van der Waals surface area contributed by atoms with E-state index in [1.165, 1.54) is 30.5 Å². The number of nitro benzene ring substituents is 1. The maximum absolute atomic E-state index is 11.2. The lowest BCUT2D eigenvalue weighted by molar-refractivity contribution is -0.384. The number of thioether (sulfide) groups is 1. The molecule has 1 saturated heterocycles. The third kappa shape index (κ3) is 2.72. The van der Waals surface area contributed by atoms with E-state index in [2.05, 4.69) is 10.3 Å². The van der Waals surface area contributed by atoms with E-state index >= 15 is 0 Å². The highest BCUT2D eigenvalue weighted by atomic mass is 32.2. The number of hydrogen-bond acceptors (Lipinski definition) is 6. The molecule has 0 aromatic heterocycles. The zero-order valence-corrected chi connectivity index (χ0v) is 9.72. The highest BCUT2D eigenvalue weighted by molar-refractivity contribution is 8.15. The molecule has 18 heavy (non-hydrogen) atoms. The van der Waals surface area contributed by atoms with E-state index in [1.54, 1.807) is 0 Å². The molecular weight excluding hydrogens is 258 g/mol. The molecule has 0 saturated carbocycles. The molecule has 1 unspecified atom stereocenters. The van der Waals surface area contributed by atoms with Crippen LogP contribution in [0, 0.1) is 10.1 Å². The number of carbonyl (C=O) groups excluding carboxylic acids is 2. The standard InChI is InChI=1S/C10H7N3O4S/c14-8-9(18-10(15)12-8)11-5-6-1-3-7(4-2-6)13(16)17/h1-5,9H,(H,12,14,15). The monoisotopic (exact) mass is 265 g/mol. The van der Waals surface area contributed by atoms with Gasteiger partial charge < -0.3 is 0 Å². The van der Waals surface area contributed by atoms with Gasteiger partial charge >= 0.3 is 0 Å². The van der Waals surface area contributed by atoms with Gasteiger partial charge in [-0.3, -0.25) is 30.0 Å². The van der Waals surface area contributed by atoms with Gasteiger partial charge in [-0.2, -0.15) is 0 Å². The Labute approximate surface area is 105 Å². The van der Waals surface area contributed by atoms with Crippen molar-refractivity contribution in [1.82, 2.24) is 5.32 Å². The summed E-state index contributed by atoms with van der Waals surface area (Å²) in [5, 5.41) is 11.3. The Bertz CT molecular complexity index is 541. The van der Waals surface area contributed by atoms with Gasteiger partial charge in [-0.15, -0.1) is 0 Å². The SMILES string of the molecule is O=C1NC(=O)C(N=Cc2ccc([N+](=O)[O-])cc2)S1. The second-order valence-corrected chi connectivity index (χ2v) is 4.43. The van der Waals surface area contributed by atoms with Gasteiger partial charge in [0.15, 0.2) is 5.37 Å². The first-order chi connectivity index (χ1) is 8.56. The van der Waals surface area contributed by atoms with E-state index in [1.807, 2.05) is 0 Å². The summed E-state index contributed by atoms with van der Waals surface area (Å²) in [7, 11) is 0. The lowest BCUT2D eigenvalue weighted by atomic mass is 10.2. The first kappa shape index (κ1) is 12.2. The normalized spacial score (nSPS) is 19.2. The molecule has 2 rings (SSSR count). The number of nitrogens with one attached hydrogen (secondary N) is 1. The molecule has 0 bridgehead atoms. The second-order valence-electron chi connectivity index (χ2n) is 3.37. The topological polar surface area (TPSA) is 102 Å². The molecule has 92 valence electrons. The van der Waals surface area contributed by atoms with Crippen molar-refractivity contribution in [2.75, 3.05) is 0 Å². The van der Waals surface area contributed by atoms with Crippen LogP contribution in [0.4, 0.5) is 10.5 Å². The van der Waals surface area contributed by atoms with E-state index in [9.17, 15) is 19.7 Å². The third-order valence-electron chi connectivity index (χ3n) is 2.13. The largest absolute Gasteiger partial charge is 0.288 e. The van der Waals surface area contributed by atoms with E-state index in [0.29, 0.717) is 5.56 Å². The van der Waals surface area contributed by atoms with Crippen molar-refractivity contribution in [3.05, 3.63) is 39.9 Å². The van der Waals surface area contributed by atoms with E-state index in [4.69, 9.17) is 0 Å². The Kier molecular flexibility index (Phi) is 3.38. The minimum atomic E-state index is -0.785. The summed E-state index contributed by atoms with van der Waals surface area (Å²) in [6, 6.07) is 5.71. The van der Waals surface area contributed by atoms with Crippen LogP contribution in [0.2, 0.25) is 0 Å². The van der Waals surface area contributed by atoms with Crippen molar-refractivity contribution in [1.29, 1.82) is 0 Å². The quantitative estimate of drug-likeness (QED) is 0.504. The maximum atomic E-state index is 11.2. The lowest BCUT2D eigenvalue weighted by Crippen LogP contribution is -2.23. The molecular formula is C10H7N3O4S. The number of amides is 2. The minimum absolute atomic E-state index is 0.0182. The molecule has 1 aromatic rings. The van der Waals surface area contributed by atoms with Crippen molar-refractivity contribution in [2.45, 2.75) is 5.37 Å². The molecule has 0 aliphatic carbocycles. The molecule has 1 atom stereocenters. The van der Waals surface area contributed by atoms with Crippen LogP contribution in [0.25, 0.3) is 0 Å². The first-order valence-corrected chi connectivity index (χ1v) is 5.73. The number of non-ortho nitro benzene ring substituents is 1. The molecule has 1 aliphatic rings. The highest BCUT2D eigenvalue weighted by Gasteiger charge is 2.30. The number of imide groups is 1. The summed E-state index contributed by atoms with van der Waals surface area (Å²) in [6.07, 6.45) is 1.40. The third-order valence-corrected chi connectivity index (χ3v) is 3.01. The number of carbonyl (C=O) groups is 2. The van der Waals surface area contributed by atoms with Gasteiger partial charge in [-0.1, -0.05) is 0 Å². The van der Waals surface area contributed by atoms with Crippen LogP contribution in [0.3, 0.4) is 0 Å². The number of aliphatic imine (C=N–C) groups is 1. The van der Waals surface area contributed by atoms with Gasteiger partial charge in [0.1, 0.15) is 0 Å². The molecule has 8 heteroatoms. The number of nitro groups is 1. The molecule has 1 N–H and O–H groups in total. The van der Waals surface area contributed by atoms with Gasteiger partial charge in [-0.25, -0.2) is 0 Å². The van der Waals surface area contributed by atoms with Crippen LogP contribution in [0.15, 0.2) is 29.3 Å². The fraction of sp³-hybridized carbons (Fsp3) is 0.100. The second kappa shape index (κ2) is 4.96. The summed E-state index contributed by atoms with van der Waals surface area (Å²) < 4.78 is 0.